The number of nitrogens with zero attached hydrogens (tertiary/aromatic N) is 1. The molecule has 1 fully saturated rings. The van der Waals surface area contributed by atoms with Crippen molar-refractivity contribution in [2.24, 2.45) is 11.8 Å². The third-order valence-electron chi connectivity index (χ3n) is 3.52. The first kappa shape index (κ1) is 12.5. The summed E-state index contributed by atoms with van der Waals surface area (Å²) in [7, 11) is 0. The van der Waals surface area contributed by atoms with Crippen molar-refractivity contribution < 1.29 is 0 Å². The molecule has 1 rings (SSSR count). The van der Waals surface area contributed by atoms with E-state index in [0.29, 0.717) is 12.6 Å². The number of nitrogens with one attached hydrogen (secondary N) is 1. The Balaban J connectivity index is 2.29. The summed E-state index contributed by atoms with van der Waals surface area (Å²) in [6.07, 6.45) is 6.56. The van der Waals surface area contributed by atoms with Crippen molar-refractivity contribution in [2.45, 2.75) is 33.2 Å². The van der Waals surface area contributed by atoms with Crippen molar-refractivity contribution in [1.29, 1.82) is 0 Å². The van der Waals surface area contributed by atoms with Crippen LogP contribution in [0.15, 0.2) is 0 Å². The average Bonchev–Trinajstić information content (AvgIpc) is 2.19. The van der Waals surface area contributed by atoms with Gasteiger partial charge in [-0.15, -0.1) is 6.42 Å². The number of terminal acetylenes is 1. The minimum absolute atomic E-state index is 0.688. The van der Waals surface area contributed by atoms with Crippen LogP contribution in [0.2, 0.25) is 0 Å². The van der Waals surface area contributed by atoms with Gasteiger partial charge in [-0.25, -0.2) is 0 Å². The predicted molar refractivity (Wildman–Crippen MR) is 65.7 cm³/mol. The van der Waals surface area contributed by atoms with E-state index in [0.717, 1.165) is 24.9 Å². The zero-order chi connectivity index (χ0) is 11.3. The van der Waals surface area contributed by atoms with Gasteiger partial charge in [0.25, 0.3) is 0 Å². The Labute approximate surface area is 94.4 Å². The van der Waals surface area contributed by atoms with Crippen LogP contribution in [0, 0.1) is 24.2 Å². The first-order chi connectivity index (χ1) is 7.15. The van der Waals surface area contributed by atoms with Crippen molar-refractivity contribution in [1.82, 2.24) is 10.2 Å². The number of hydrogen-bond donors (Lipinski definition) is 1. The molecule has 1 heterocycles. The molecule has 0 aliphatic carbocycles. The van der Waals surface area contributed by atoms with Gasteiger partial charge in [0.15, 0.2) is 0 Å². The van der Waals surface area contributed by atoms with Gasteiger partial charge in [0, 0.05) is 25.7 Å². The van der Waals surface area contributed by atoms with Crippen molar-refractivity contribution in [2.75, 3.05) is 26.2 Å². The van der Waals surface area contributed by atoms with Gasteiger partial charge >= 0.3 is 0 Å². The smallest absolute Gasteiger partial charge is 0.0574 e. The zero-order valence-electron chi connectivity index (χ0n) is 10.3. The lowest BCUT2D eigenvalue weighted by Gasteiger charge is -2.41. The molecule has 1 aliphatic rings. The molecule has 0 aromatic heterocycles. The molecule has 2 heteroatoms. The summed E-state index contributed by atoms with van der Waals surface area (Å²) < 4.78 is 0. The van der Waals surface area contributed by atoms with E-state index in [1.807, 2.05) is 0 Å². The highest BCUT2D eigenvalue weighted by molar-refractivity contribution is 4.87. The molecule has 0 amide bonds. The second-order valence-electron chi connectivity index (χ2n) is 4.93. The predicted octanol–water partition coefficient (Wildman–Crippen LogP) is 1.58. The minimum Gasteiger partial charge on any atom is -0.305 e. The molecule has 0 aromatic rings. The lowest BCUT2D eigenvalue weighted by Crippen LogP contribution is -2.48. The van der Waals surface area contributed by atoms with E-state index >= 15 is 0 Å². The number of piperidine rings is 1. The summed E-state index contributed by atoms with van der Waals surface area (Å²) in [6.45, 7) is 11.1. The van der Waals surface area contributed by atoms with E-state index in [9.17, 15) is 0 Å². The molecule has 0 spiro atoms. The molecule has 86 valence electrons. The maximum absolute atomic E-state index is 5.19. The summed E-state index contributed by atoms with van der Waals surface area (Å²) >= 11 is 0. The van der Waals surface area contributed by atoms with E-state index in [2.05, 4.69) is 36.9 Å². The molecule has 0 saturated carbocycles. The quantitative estimate of drug-likeness (QED) is 0.557. The Morgan fingerprint density at radius 1 is 1.40 bits per heavy atom. The first-order valence-electron chi connectivity index (χ1n) is 6.03. The maximum Gasteiger partial charge on any atom is 0.0574 e. The fourth-order valence-corrected chi connectivity index (χ4v) is 2.51. The highest BCUT2D eigenvalue weighted by Crippen LogP contribution is 2.26. The Bertz CT molecular complexity index is 219. The lowest BCUT2D eigenvalue weighted by atomic mass is 9.86. The van der Waals surface area contributed by atoms with Crippen LogP contribution in [-0.4, -0.2) is 37.1 Å². The Morgan fingerprint density at radius 2 is 2.13 bits per heavy atom. The van der Waals surface area contributed by atoms with Gasteiger partial charge < -0.3 is 5.32 Å². The molecule has 3 atom stereocenters. The highest BCUT2D eigenvalue weighted by atomic mass is 15.2. The molecular formula is C13H24N2. The molecule has 1 saturated heterocycles. The van der Waals surface area contributed by atoms with Gasteiger partial charge in [-0.05, 0) is 25.2 Å². The largest absolute Gasteiger partial charge is 0.305 e. The second-order valence-corrected chi connectivity index (χ2v) is 4.93. The fraction of sp³-hybridized carbons (Fsp3) is 0.846. The maximum atomic E-state index is 5.19. The third kappa shape index (κ3) is 3.85. The van der Waals surface area contributed by atoms with Crippen LogP contribution in [0.1, 0.15) is 27.2 Å². The summed E-state index contributed by atoms with van der Waals surface area (Å²) in [4.78, 5) is 2.59. The Hall–Kier alpha value is -0.520. The van der Waals surface area contributed by atoms with Gasteiger partial charge in [0.1, 0.15) is 0 Å². The minimum atomic E-state index is 0.688. The van der Waals surface area contributed by atoms with Crippen LogP contribution in [0.5, 0.6) is 0 Å². The number of hydrogen-bond acceptors (Lipinski definition) is 2. The summed E-state index contributed by atoms with van der Waals surface area (Å²) in [5.74, 6) is 4.26. The summed E-state index contributed by atoms with van der Waals surface area (Å²) in [5, 5.41) is 3.25. The van der Waals surface area contributed by atoms with Crippen molar-refractivity contribution >= 4 is 0 Å². The second kappa shape index (κ2) is 6.15. The SMILES string of the molecule is C#CCNCCN1CC(C)CC(C)C1C. The molecule has 0 bridgehead atoms. The normalized spacial score (nSPS) is 32.5. The number of likely N-dealkylation sites (tertiary alicyclic amines) is 1. The molecule has 2 nitrogen and oxygen atoms in total. The standard InChI is InChI=1S/C13H24N2/c1-5-6-14-7-8-15-10-11(2)9-12(3)13(15)4/h1,11-14H,6-10H2,2-4H3. The van der Waals surface area contributed by atoms with Gasteiger partial charge in [0.05, 0.1) is 6.54 Å². The van der Waals surface area contributed by atoms with Crippen molar-refractivity contribution in [3.05, 3.63) is 0 Å². The van der Waals surface area contributed by atoms with Gasteiger partial charge in [-0.2, -0.15) is 0 Å². The van der Waals surface area contributed by atoms with Gasteiger partial charge in [0.2, 0.25) is 0 Å². The van der Waals surface area contributed by atoms with Crippen LogP contribution in [0.25, 0.3) is 0 Å². The van der Waals surface area contributed by atoms with Gasteiger partial charge in [-0.1, -0.05) is 19.8 Å². The fourth-order valence-electron chi connectivity index (χ4n) is 2.51. The Morgan fingerprint density at radius 3 is 2.80 bits per heavy atom. The molecule has 1 N–H and O–H groups in total. The monoisotopic (exact) mass is 208 g/mol. The van der Waals surface area contributed by atoms with Crippen LogP contribution in [-0.2, 0) is 0 Å². The van der Waals surface area contributed by atoms with E-state index in [1.165, 1.54) is 13.0 Å². The van der Waals surface area contributed by atoms with Gasteiger partial charge in [-0.3, -0.25) is 4.90 Å². The zero-order valence-corrected chi connectivity index (χ0v) is 10.3. The molecule has 0 radical (unpaired) electrons. The van der Waals surface area contributed by atoms with Crippen LogP contribution in [0.4, 0.5) is 0 Å². The average molecular weight is 208 g/mol. The molecule has 15 heavy (non-hydrogen) atoms. The van der Waals surface area contributed by atoms with E-state index in [1.54, 1.807) is 0 Å². The van der Waals surface area contributed by atoms with E-state index < -0.39 is 0 Å². The first-order valence-corrected chi connectivity index (χ1v) is 6.03. The molecule has 1 aliphatic heterocycles. The van der Waals surface area contributed by atoms with E-state index in [4.69, 9.17) is 6.42 Å². The third-order valence-corrected chi connectivity index (χ3v) is 3.52. The van der Waals surface area contributed by atoms with Crippen LogP contribution < -0.4 is 5.32 Å². The topological polar surface area (TPSA) is 15.3 Å². The molecular weight excluding hydrogens is 184 g/mol. The molecule has 3 unspecified atom stereocenters. The highest BCUT2D eigenvalue weighted by Gasteiger charge is 2.27. The van der Waals surface area contributed by atoms with Crippen molar-refractivity contribution in [3.8, 4) is 12.3 Å². The summed E-state index contributed by atoms with van der Waals surface area (Å²) in [6, 6.07) is 0.717. The Kier molecular flexibility index (Phi) is 5.14. The molecule has 0 aromatic carbocycles. The summed E-state index contributed by atoms with van der Waals surface area (Å²) in [5.41, 5.74) is 0. The van der Waals surface area contributed by atoms with Crippen LogP contribution >= 0.6 is 0 Å². The van der Waals surface area contributed by atoms with E-state index in [-0.39, 0.29) is 0 Å². The lowest BCUT2D eigenvalue weighted by molar-refractivity contribution is 0.0810. The van der Waals surface area contributed by atoms with Crippen molar-refractivity contribution in [3.63, 3.8) is 0 Å². The number of rotatable bonds is 4. The van der Waals surface area contributed by atoms with Crippen LogP contribution in [0.3, 0.4) is 0 Å².